The van der Waals surface area contributed by atoms with Crippen molar-refractivity contribution in [1.29, 1.82) is 0 Å². The zero-order valence-corrected chi connectivity index (χ0v) is 15.8. The number of hydrogen-bond acceptors (Lipinski definition) is 4. The van der Waals surface area contributed by atoms with Crippen LogP contribution in [0, 0.1) is 0 Å². The van der Waals surface area contributed by atoms with Crippen LogP contribution in [0.3, 0.4) is 0 Å². The number of likely N-dealkylation sites (N-methyl/N-ethyl adjacent to an activating group) is 1. The van der Waals surface area contributed by atoms with E-state index in [1.807, 2.05) is 0 Å². The summed E-state index contributed by atoms with van der Waals surface area (Å²) in [6.07, 6.45) is 3.04. The molecule has 2 atom stereocenters. The molecule has 2 aromatic rings. The minimum absolute atomic E-state index is 0.206. The SMILES string of the molecule is CN1C2CC[C@@H]1c1c(sc(NC(=O)Nc3ccc(Cl)cc3)c1C(N)=O)C2. The van der Waals surface area contributed by atoms with Crippen LogP contribution in [0.25, 0.3) is 0 Å². The van der Waals surface area contributed by atoms with Crippen LogP contribution < -0.4 is 16.4 Å². The van der Waals surface area contributed by atoms with Gasteiger partial charge in [-0.2, -0.15) is 0 Å². The van der Waals surface area contributed by atoms with E-state index in [0.29, 0.717) is 27.3 Å². The van der Waals surface area contributed by atoms with Crippen molar-refractivity contribution >= 4 is 45.6 Å². The Morgan fingerprint density at radius 1 is 1.23 bits per heavy atom. The average molecular weight is 391 g/mol. The highest BCUT2D eigenvalue weighted by Gasteiger charge is 2.42. The van der Waals surface area contributed by atoms with Crippen LogP contribution in [-0.4, -0.2) is 29.9 Å². The quantitative estimate of drug-likeness (QED) is 0.744. The summed E-state index contributed by atoms with van der Waals surface area (Å²) in [5.74, 6) is -0.497. The van der Waals surface area contributed by atoms with Gasteiger partial charge in [0, 0.05) is 27.7 Å². The number of amides is 3. The second kappa shape index (κ2) is 6.57. The van der Waals surface area contributed by atoms with E-state index < -0.39 is 11.9 Å². The Labute approximate surface area is 160 Å². The average Bonchev–Trinajstić information content (AvgIpc) is 3.05. The van der Waals surface area contributed by atoms with Gasteiger partial charge in [0.05, 0.1) is 5.56 Å². The van der Waals surface area contributed by atoms with Crippen molar-refractivity contribution in [2.75, 3.05) is 17.7 Å². The molecular weight excluding hydrogens is 372 g/mol. The minimum atomic E-state index is -0.497. The van der Waals surface area contributed by atoms with Crippen molar-refractivity contribution in [1.82, 2.24) is 4.90 Å². The standard InChI is InChI=1S/C18H19ClN4O2S/c1-23-11-6-7-12(23)14-13(8-11)26-17(15(14)16(20)24)22-18(25)21-10-4-2-9(19)3-5-10/h2-5,11-12H,6-8H2,1H3,(H2,20,24)(H2,21,22,25)/t11?,12-/m1/s1. The molecule has 136 valence electrons. The molecule has 0 radical (unpaired) electrons. The number of thiophene rings is 1. The van der Waals surface area contributed by atoms with Crippen molar-refractivity contribution in [3.8, 4) is 0 Å². The second-order valence-corrected chi connectivity index (χ2v) is 8.25. The number of nitrogens with one attached hydrogen (secondary N) is 2. The predicted octanol–water partition coefficient (Wildman–Crippen LogP) is 3.84. The number of nitrogens with zero attached hydrogens (tertiary/aromatic N) is 1. The number of anilines is 2. The first-order valence-electron chi connectivity index (χ1n) is 8.45. The number of carbonyl (C=O) groups is 2. The van der Waals surface area contributed by atoms with Crippen LogP contribution in [0.2, 0.25) is 5.02 Å². The summed E-state index contributed by atoms with van der Waals surface area (Å²) in [4.78, 5) is 28.0. The fraction of sp³-hybridized carbons (Fsp3) is 0.333. The van der Waals surface area contributed by atoms with Gasteiger partial charge in [-0.1, -0.05) is 11.6 Å². The maximum absolute atomic E-state index is 12.4. The second-order valence-electron chi connectivity index (χ2n) is 6.71. The van der Waals surface area contributed by atoms with Crippen LogP contribution >= 0.6 is 22.9 Å². The molecule has 0 aliphatic carbocycles. The van der Waals surface area contributed by atoms with E-state index >= 15 is 0 Å². The third-order valence-electron chi connectivity index (χ3n) is 5.19. The molecule has 2 aliphatic heterocycles. The lowest BCUT2D eigenvalue weighted by molar-refractivity contribution is 0.0997. The first-order chi connectivity index (χ1) is 12.4. The number of benzene rings is 1. The molecular formula is C18H19ClN4O2S. The molecule has 1 aromatic heterocycles. The first kappa shape index (κ1) is 17.3. The lowest BCUT2D eigenvalue weighted by Gasteiger charge is -2.31. The highest BCUT2D eigenvalue weighted by Crippen LogP contribution is 2.49. The zero-order chi connectivity index (χ0) is 18.4. The summed E-state index contributed by atoms with van der Waals surface area (Å²) in [6.45, 7) is 0. The zero-order valence-electron chi connectivity index (χ0n) is 14.2. The van der Waals surface area contributed by atoms with Gasteiger partial charge in [-0.25, -0.2) is 4.79 Å². The van der Waals surface area contributed by atoms with Gasteiger partial charge in [-0.05, 0) is 56.1 Å². The molecule has 1 saturated heterocycles. The topological polar surface area (TPSA) is 87.5 Å². The maximum atomic E-state index is 12.4. The highest BCUT2D eigenvalue weighted by atomic mass is 35.5. The molecule has 4 N–H and O–H groups in total. The van der Waals surface area contributed by atoms with Crippen LogP contribution in [0.4, 0.5) is 15.5 Å². The van der Waals surface area contributed by atoms with E-state index in [-0.39, 0.29) is 6.04 Å². The van der Waals surface area contributed by atoms with Crippen molar-refractivity contribution < 1.29 is 9.59 Å². The Morgan fingerprint density at radius 2 is 1.96 bits per heavy atom. The van der Waals surface area contributed by atoms with Gasteiger partial charge in [0.25, 0.3) is 5.91 Å². The summed E-state index contributed by atoms with van der Waals surface area (Å²) < 4.78 is 0. The number of urea groups is 1. The Balaban J connectivity index is 1.60. The highest BCUT2D eigenvalue weighted by molar-refractivity contribution is 7.17. The fourth-order valence-corrected chi connectivity index (χ4v) is 5.40. The normalized spacial score (nSPS) is 21.3. The van der Waals surface area contributed by atoms with E-state index in [9.17, 15) is 9.59 Å². The number of rotatable bonds is 3. The number of nitrogens with two attached hydrogens (primary N) is 1. The van der Waals surface area contributed by atoms with E-state index in [4.69, 9.17) is 17.3 Å². The van der Waals surface area contributed by atoms with Crippen molar-refractivity contribution in [2.45, 2.75) is 31.3 Å². The van der Waals surface area contributed by atoms with E-state index in [1.54, 1.807) is 24.3 Å². The van der Waals surface area contributed by atoms with Crippen LogP contribution in [0.15, 0.2) is 24.3 Å². The van der Waals surface area contributed by atoms with Crippen LogP contribution in [0.1, 0.15) is 39.7 Å². The summed E-state index contributed by atoms with van der Waals surface area (Å²) in [5.41, 5.74) is 7.74. The van der Waals surface area contributed by atoms with E-state index in [2.05, 4.69) is 22.6 Å². The molecule has 0 saturated carbocycles. The van der Waals surface area contributed by atoms with Gasteiger partial charge >= 0.3 is 6.03 Å². The third-order valence-corrected chi connectivity index (χ3v) is 6.59. The van der Waals surface area contributed by atoms with E-state index in [0.717, 1.165) is 29.7 Å². The molecule has 3 heterocycles. The first-order valence-corrected chi connectivity index (χ1v) is 9.64. The monoisotopic (exact) mass is 390 g/mol. The van der Waals surface area contributed by atoms with Crippen LogP contribution in [0.5, 0.6) is 0 Å². The number of hydrogen-bond donors (Lipinski definition) is 3. The van der Waals surface area contributed by atoms with Gasteiger partial charge < -0.3 is 11.1 Å². The molecule has 4 rings (SSSR count). The minimum Gasteiger partial charge on any atom is -0.365 e. The molecule has 26 heavy (non-hydrogen) atoms. The summed E-state index contributed by atoms with van der Waals surface area (Å²) in [5, 5.41) is 6.66. The third kappa shape index (κ3) is 2.96. The molecule has 1 aromatic carbocycles. The van der Waals surface area contributed by atoms with Gasteiger partial charge in [0.1, 0.15) is 5.00 Å². The molecule has 3 amide bonds. The molecule has 1 unspecified atom stereocenters. The number of primary amides is 1. The Hall–Kier alpha value is -2.09. The molecule has 0 spiro atoms. The van der Waals surface area contributed by atoms with Gasteiger partial charge in [0.2, 0.25) is 0 Å². The smallest absolute Gasteiger partial charge is 0.324 e. The largest absolute Gasteiger partial charge is 0.365 e. The van der Waals surface area contributed by atoms with Crippen molar-refractivity contribution in [2.24, 2.45) is 5.73 Å². The Bertz CT molecular complexity index is 880. The lowest BCUT2D eigenvalue weighted by atomic mass is 9.97. The lowest BCUT2D eigenvalue weighted by Crippen LogP contribution is -2.34. The predicted molar refractivity (Wildman–Crippen MR) is 104 cm³/mol. The van der Waals surface area contributed by atoms with Crippen molar-refractivity contribution in [3.63, 3.8) is 0 Å². The van der Waals surface area contributed by atoms with E-state index in [1.165, 1.54) is 11.3 Å². The summed E-state index contributed by atoms with van der Waals surface area (Å²) in [6, 6.07) is 7.12. The molecule has 2 bridgehead atoms. The number of carbonyl (C=O) groups excluding carboxylic acids is 2. The Kier molecular flexibility index (Phi) is 4.38. The van der Waals surface area contributed by atoms with Crippen LogP contribution in [-0.2, 0) is 6.42 Å². The fourth-order valence-electron chi connectivity index (χ4n) is 3.95. The van der Waals surface area contributed by atoms with Crippen molar-refractivity contribution in [3.05, 3.63) is 45.3 Å². The number of fused-ring (bicyclic) bond motifs is 4. The summed E-state index contributed by atoms with van der Waals surface area (Å²) in [7, 11) is 2.09. The van der Waals surface area contributed by atoms with Gasteiger partial charge in [-0.15, -0.1) is 11.3 Å². The summed E-state index contributed by atoms with van der Waals surface area (Å²) >= 11 is 7.31. The Morgan fingerprint density at radius 3 is 2.65 bits per heavy atom. The molecule has 6 nitrogen and oxygen atoms in total. The molecule has 8 heteroatoms. The maximum Gasteiger partial charge on any atom is 0.324 e. The van der Waals surface area contributed by atoms with Gasteiger partial charge in [0.15, 0.2) is 0 Å². The van der Waals surface area contributed by atoms with Gasteiger partial charge in [-0.3, -0.25) is 15.0 Å². The molecule has 2 aliphatic rings. The number of halogens is 1. The molecule has 1 fully saturated rings.